The summed E-state index contributed by atoms with van der Waals surface area (Å²) in [6.45, 7) is 0.874. The summed E-state index contributed by atoms with van der Waals surface area (Å²) in [5.41, 5.74) is 0.597. The topological polar surface area (TPSA) is 66.5 Å². The number of rotatable bonds is 3. The van der Waals surface area contributed by atoms with Crippen LogP contribution >= 0.6 is 0 Å². The zero-order valence-corrected chi connectivity index (χ0v) is 13.8. The summed E-state index contributed by atoms with van der Waals surface area (Å²) in [6, 6.07) is 13.3. The van der Waals surface area contributed by atoms with Crippen LogP contribution in [0.3, 0.4) is 0 Å². The van der Waals surface area contributed by atoms with E-state index in [0.717, 1.165) is 23.6 Å². The zero-order chi connectivity index (χ0) is 16.4. The molecule has 0 aromatic heterocycles. The van der Waals surface area contributed by atoms with Gasteiger partial charge in [-0.05, 0) is 35.7 Å². The van der Waals surface area contributed by atoms with E-state index in [0.29, 0.717) is 18.7 Å². The van der Waals surface area contributed by atoms with Crippen molar-refractivity contribution in [1.29, 1.82) is 0 Å². The zero-order valence-electron chi connectivity index (χ0n) is 13.0. The highest BCUT2D eigenvalue weighted by atomic mass is 32.2. The summed E-state index contributed by atoms with van der Waals surface area (Å²) < 4.78 is 24.7. The molecular weight excluding hydrogens is 312 g/mol. The molecule has 1 atom stereocenters. The van der Waals surface area contributed by atoms with Gasteiger partial charge in [0.25, 0.3) is 5.91 Å². The molecule has 23 heavy (non-hydrogen) atoms. The standard InChI is InChI=1S/C17H20N2O3S/c1-23(21,22)19-10-4-7-16(12-19)18-17(20)15-9-8-13-5-2-3-6-14(13)11-15/h2-3,5-6,8-9,11,16H,4,7,10,12H2,1H3,(H,18,20). The Balaban J connectivity index is 1.72. The van der Waals surface area contributed by atoms with Crippen molar-refractivity contribution in [1.82, 2.24) is 9.62 Å². The summed E-state index contributed by atoms with van der Waals surface area (Å²) >= 11 is 0. The van der Waals surface area contributed by atoms with E-state index in [9.17, 15) is 13.2 Å². The minimum Gasteiger partial charge on any atom is -0.348 e. The molecule has 0 radical (unpaired) electrons. The highest BCUT2D eigenvalue weighted by molar-refractivity contribution is 7.88. The molecule has 2 aromatic rings. The largest absolute Gasteiger partial charge is 0.348 e. The first-order chi connectivity index (χ1) is 10.9. The molecule has 1 fully saturated rings. The number of hydrogen-bond donors (Lipinski definition) is 1. The number of amides is 1. The minimum atomic E-state index is -3.21. The van der Waals surface area contributed by atoms with Crippen molar-refractivity contribution in [3.8, 4) is 0 Å². The van der Waals surface area contributed by atoms with Crippen molar-refractivity contribution in [2.24, 2.45) is 0 Å². The molecule has 122 valence electrons. The highest BCUT2D eigenvalue weighted by Gasteiger charge is 2.26. The van der Waals surface area contributed by atoms with E-state index in [1.54, 1.807) is 6.07 Å². The fourth-order valence-corrected chi connectivity index (χ4v) is 3.87. The molecule has 0 bridgehead atoms. The van der Waals surface area contributed by atoms with E-state index in [1.165, 1.54) is 10.6 Å². The van der Waals surface area contributed by atoms with Gasteiger partial charge in [0.05, 0.1) is 6.26 Å². The van der Waals surface area contributed by atoms with Crippen molar-refractivity contribution < 1.29 is 13.2 Å². The summed E-state index contributed by atoms with van der Waals surface area (Å²) in [6.07, 6.45) is 2.77. The third kappa shape index (κ3) is 3.71. The lowest BCUT2D eigenvalue weighted by Gasteiger charge is -2.31. The van der Waals surface area contributed by atoms with Crippen molar-refractivity contribution in [3.05, 3.63) is 48.0 Å². The number of nitrogens with zero attached hydrogens (tertiary/aromatic N) is 1. The van der Waals surface area contributed by atoms with Gasteiger partial charge in [0.1, 0.15) is 0 Å². The van der Waals surface area contributed by atoms with Crippen LogP contribution in [0.15, 0.2) is 42.5 Å². The van der Waals surface area contributed by atoms with Crippen LogP contribution in [0.4, 0.5) is 0 Å². The molecule has 1 aliphatic rings. The SMILES string of the molecule is CS(=O)(=O)N1CCCC(NC(=O)c2ccc3ccccc3c2)C1. The normalized spacial score (nSPS) is 19.6. The van der Waals surface area contributed by atoms with Gasteiger partial charge in [0, 0.05) is 24.7 Å². The van der Waals surface area contributed by atoms with Crippen molar-refractivity contribution >= 4 is 26.7 Å². The third-order valence-corrected chi connectivity index (χ3v) is 5.47. The molecule has 1 N–H and O–H groups in total. The van der Waals surface area contributed by atoms with Gasteiger partial charge in [-0.25, -0.2) is 12.7 Å². The van der Waals surface area contributed by atoms with E-state index in [-0.39, 0.29) is 11.9 Å². The van der Waals surface area contributed by atoms with Crippen LogP contribution in [0.5, 0.6) is 0 Å². The maximum absolute atomic E-state index is 12.4. The fraction of sp³-hybridized carbons (Fsp3) is 0.353. The molecule has 2 aromatic carbocycles. The van der Waals surface area contributed by atoms with Gasteiger partial charge < -0.3 is 5.32 Å². The van der Waals surface area contributed by atoms with Crippen molar-refractivity contribution in [2.75, 3.05) is 19.3 Å². The first-order valence-corrected chi connectivity index (χ1v) is 9.53. The van der Waals surface area contributed by atoms with Gasteiger partial charge in [0.2, 0.25) is 10.0 Å². The van der Waals surface area contributed by atoms with Gasteiger partial charge >= 0.3 is 0 Å². The maximum Gasteiger partial charge on any atom is 0.251 e. The maximum atomic E-state index is 12.4. The number of benzene rings is 2. The summed E-state index contributed by atoms with van der Waals surface area (Å²) in [5.74, 6) is -0.156. The Bertz CT molecular complexity index is 833. The molecule has 6 heteroatoms. The van der Waals surface area contributed by atoms with Gasteiger partial charge in [-0.2, -0.15) is 0 Å². The van der Waals surface area contributed by atoms with Crippen LogP contribution in [0.25, 0.3) is 10.8 Å². The van der Waals surface area contributed by atoms with Crippen LogP contribution in [0.2, 0.25) is 0 Å². The molecule has 0 spiro atoms. The number of fused-ring (bicyclic) bond motifs is 1. The molecule has 1 unspecified atom stereocenters. The molecule has 0 aliphatic carbocycles. The Morgan fingerprint density at radius 2 is 1.91 bits per heavy atom. The number of hydrogen-bond acceptors (Lipinski definition) is 3. The fourth-order valence-electron chi connectivity index (χ4n) is 2.96. The number of carbonyl (C=O) groups excluding carboxylic acids is 1. The minimum absolute atomic E-state index is 0.141. The Hall–Kier alpha value is -1.92. The molecule has 1 heterocycles. The van der Waals surface area contributed by atoms with Crippen LogP contribution < -0.4 is 5.32 Å². The van der Waals surface area contributed by atoms with Crippen molar-refractivity contribution in [2.45, 2.75) is 18.9 Å². The van der Waals surface area contributed by atoms with Gasteiger partial charge in [-0.3, -0.25) is 4.79 Å². The number of nitrogens with one attached hydrogen (secondary N) is 1. The second kappa shape index (κ2) is 6.29. The van der Waals surface area contributed by atoms with Gasteiger partial charge in [-0.15, -0.1) is 0 Å². The average molecular weight is 332 g/mol. The van der Waals surface area contributed by atoms with Gasteiger partial charge in [-0.1, -0.05) is 30.3 Å². The first-order valence-electron chi connectivity index (χ1n) is 7.68. The van der Waals surface area contributed by atoms with E-state index < -0.39 is 10.0 Å². The quantitative estimate of drug-likeness (QED) is 0.935. The molecule has 1 amide bonds. The van der Waals surface area contributed by atoms with Crippen LogP contribution in [-0.4, -0.2) is 44.0 Å². The monoisotopic (exact) mass is 332 g/mol. The average Bonchev–Trinajstić information content (AvgIpc) is 2.54. The molecule has 3 rings (SSSR count). The Morgan fingerprint density at radius 3 is 2.65 bits per heavy atom. The Kier molecular flexibility index (Phi) is 4.37. The summed E-state index contributed by atoms with van der Waals surface area (Å²) in [7, 11) is -3.21. The second-order valence-corrected chi connectivity index (χ2v) is 7.98. The van der Waals surface area contributed by atoms with Crippen LogP contribution in [0.1, 0.15) is 23.2 Å². The van der Waals surface area contributed by atoms with E-state index in [4.69, 9.17) is 0 Å². The Labute approximate surface area is 136 Å². The first kappa shape index (κ1) is 16.0. The Morgan fingerprint density at radius 1 is 1.17 bits per heavy atom. The highest BCUT2D eigenvalue weighted by Crippen LogP contribution is 2.17. The summed E-state index contributed by atoms with van der Waals surface area (Å²) in [5, 5.41) is 5.06. The number of piperidine rings is 1. The van der Waals surface area contributed by atoms with Crippen LogP contribution in [0, 0.1) is 0 Å². The predicted octanol–water partition coefficient (Wildman–Crippen LogP) is 1.99. The van der Waals surface area contributed by atoms with E-state index in [1.807, 2.05) is 36.4 Å². The molecular formula is C17H20N2O3S. The lowest BCUT2D eigenvalue weighted by Crippen LogP contribution is -2.49. The number of carbonyl (C=O) groups is 1. The summed E-state index contributed by atoms with van der Waals surface area (Å²) in [4.78, 5) is 12.4. The lowest BCUT2D eigenvalue weighted by molar-refractivity contribution is 0.0921. The molecule has 5 nitrogen and oxygen atoms in total. The molecule has 0 saturated carbocycles. The predicted molar refractivity (Wildman–Crippen MR) is 90.9 cm³/mol. The lowest BCUT2D eigenvalue weighted by atomic mass is 10.0. The molecule has 1 aliphatic heterocycles. The van der Waals surface area contributed by atoms with Crippen molar-refractivity contribution in [3.63, 3.8) is 0 Å². The van der Waals surface area contributed by atoms with Crippen LogP contribution in [-0.2, 0) is 10.0 Å². The van der Waals surface area contributed by atoms with Gasteiger partial charge in [0.15, 0.2) is 0 Å². The van der Waals surface area contributed by atoms with E-state index in [2.05, 4.69) is 5.32 Å². The second-order valence-electron chi connectivity index (χ2n) is 6.00. The third-order valence-electron chi connectivity index (χ3n) is 4.20. The molecule has 1 saturated heterocycles. The smallest absolute Gasteiger partial charge is 0.251 e. The number of sulfonamides is 1. The van der Waals surface area contributed by atoms with E-state index >= 15 is 0 Å².